The van der Waals surface area contributed by atoms with Crippen molar-refractivity contribution in [2.45, 2.75) is 12.5 Å². The Bertz CT molecular complexity index is 551. The molecule has 0 radical (unpaired) electrons. The third-order valence-electron chi connectivity index (χ3n) is 2.63. The Morgan fingerprint density at radius 1 is 1.16 bits per heavy atom. The monoisotopic (exact) mass is 275 g/mol. The number of carbonyl (C=O) groups is 2. The molecule has 0 spiro atoms. The number of hydrogen-bond donors (Lipinski definition) is 2. The van der Waals surface area contributed by atoms with Gasteiger partial charge in [0.15, 0.2) is 0 Å². The van der Waals surface area contributed by atoms with Gasteiger partial charge in [0.25, 0.3) is 5.91 Å². The van der Waals surface area contributed by atoms with Gasteiger partial charge in [-0.05, 0) is 17.0 Å². The van der Waals surface area contributed by atoms with Crippen LogP contribution in [-0.4, -0.2) is 17.0 Å². The van der Waals surface area contributed by atoms with Crippen LogP contribution in [0.1, 0.15) is 27.7 Å². The SMILES string of the molecule is O=C(O)C[C@H](NC(=O)c1cccs1)c1ccccc1. The zero-order chi connectivity index (χ0) is 13.7. The summed E-state index contributed by atoms with van der Waals surface area (Å²) in [6.45, 7) is 0. The molecule has 98 valence electrons. The van der Waals surface area contributed by atoms with Crippen molar-refractivity contribution in [3.8, 4) is 0 Å². The molecule has 0 aliphatic heterocycles. The molecule has 0 unspecified atom stereocenters. The maximum absolute atomic E-state index is 12.0. The summed E-state index contributed by atoms with van der Waals surface area (Å²) >= 11 is 1.33. The lowest BCUT2D eigenvalue weighted by atomic mass is 10.0. The zero-order valence-corrected chi connectivity index (χ0v) is 10.9. The molecule has 1 aromatic carbocycles. The molecular weight excluding hydrogens is 262 g/mol. The molecule has 0 fully saturated rings. The molecule has 1 aromatic heterocycles. The van der Waals surface area contributed by atoms with Gasteiger partial charge in [0.1, 0.15) is 0 Å². The summed E-state index contributed by atoms with van der Waals surface area (Å²) in [5.74, 6) is -1.19. The third kappa shape index (κ3) is 3.66. The van der Waals surface area contributed by atoms with Crippen molar-refractivity contribution in [2.24, 2.45) is 0 Å². The van der Waals surface area contributed by atoms with Crippen LogP contribution in [0.25, 0.3) is 0 Å². The summed E-state index contributed by atoms with van der Waals surface area (Å²) in [5, 5.41) is 13.5. The normalized spacial score (nSPS) is 11.8. The fraction of sp³-hybridized carbons (Fsp3) is 0.143. The molecule has 1 amide bonds. The van der Waals surface area contributed by atoms with Gasteiger partial charge in [-0.1, -0.05) is 36.4 Å². The number of carboxylic acids is 1. The molecule has 0 saturated carbocycles. The molecule has 0 saturated heterocycles. The molecule has 2 aromatic rings. The van der Waals surface area contributed by atoms with Crippen molar-refractivity contribution >= 4 is 23.2 Å². The van der Waals surface area contributed by atoms with Crippen molar-refractivity contribution in [3.63, 3.8) is 0 Å². The Morgan fingerprint density at radius 2 is 1.89 bits per heavy atom. The van der Waals surface area contributed by atoms with Crippen molar-refractivity contribution in [3.05, 3.63) is 58.3 Å². The Hall–Kier alpha value is -2.14. The van der Waals surface area contributed by atoms with Crippen LogP contribution in [0.2, 0.25) is 0 Å². The van der Waals surface area contributed by atoms with E-state index in [4.69, 9.17) is 5.11 Å². The summed E-state index contributed by atoms with van der Waals surface area (Å²) in [7, 11) is 0. The van der Waals surface area contributed by atoms with E-state index in [9.17, 15) is 9.59 Å². The third-order valence-corrected chi connectivity index (χ3v) is 3.50. The van der Waals surface area contributed by atoms with Gasteiger partial charge in [0.05, 0.1) is 17.3 Å². The molecule has 1 heterocycles. The van der Waals surface area contributed by atoms with Crippen LogP contribution in [0.3, 0.4) is 0 Å². The lowest BCUT2D eigenvalue weighted by Crippen LogP contribution is -2.29. The molecule has 19 heavy (non-hydrogen) atoms. The quantitative estimate of drug-likeness (QED) is 0.881. The van der Waals surface area contributed by atoms with Gasteiger partial charge in [0, 0.05) is 0 Å². The number of aliphatic carboxylic acids is 1. The molecule has 5 heteroatoms. The van der Waals surface area contributed by atoms with Crippen LogP contribution in [0, 0.1) is 0 Å². The highest BCUT2D eigenvalue weighted by atomic mass is 32.1. The molecule has 0 aliphatic carbocycles. The van der Waals surface area contributed by atoms with E-state index in [0.717, 1.165) is 5.56 Å². The van der Waals surface area contributed by atoms with E-state index in [0.29, 0.717) is 4.88 Å². The number of thiophene rings is 1. The molecule has 0 aliphatic rings. The van der Waals surface area contributed by atoms with Gasteiger partial charge < -0.3 is 10.4 Å². The second-order valence-electron chi connectivity index (χ2n) is 4.01. The number of nitrogens with one attached hydrogen (secondary N) is 1. The van der Waals surface area contributed by atoms with Crippen molar-refractivity contribution in [1.82, 2.24) is 5.32 Å². The first-order valence-electron chi connectivity index (χ1n) is 5.78. The highest BCUT2D eigenvalue weighted by Gasteiger charge is 2.18. The van der Waals surface area contributed by atoms with Crippen LogP contribution in [0.15, 0.2) is 47.8 Å². The van der Waals surface area contributed by atoms with E-state index >= 15 is 0 Å². The number of carbonyl (C=O) groups excluding carboxylic acids is 1. The molecule has 4 nitrogen and oxygen atoms in total. The minimum Gasteiger partial charge on any atom is -0.481 e. The first kappa shape index (κ1) is 13.3. The lowest BCUT2D eigenvalue weighted by molar-refractivity contribution is -0.137. The highest BCUT2D eigenvalue weighted by Crippen LogP contribution is 2.18. The minimum absolute atomic E-state index is 0.138. The van der Waals surface area contributed by atoms with E-state index < -0.39 is 12.0 Å². The largest absolute Gasteiger partial charge is 0.481 e. The van der Waals surface area contributed by atoms with Gasteiger partial charge >= 0.3 is 5.97 Å². The Labute approximate surface area is 114 Å². The summed E-state index contributed by atoms with van der Waals surface area (Å²) in [6.07, 6.45) is -0.138. The van der Waals surface area contributed by atoms with E-state index in [-0.39, 0.29) is 12.3 Å². The van der Waals surface area contributed by atoms with Gasteiger partial charge in [-0.2, -0.15) is 0 Å². The topological polar surface area (TPSA) is 66.4 Å². The Balaban J connectivity index is 2.15. The first-order chi connectivity index (χ1) is 9.16. The standard InChI is InChI=1S/C14H13NO3S/c16-13(17)9-11(10-5-2-1-3-6-10)15-14(18)12-7-4-8-19-12/h1-8,11H,9H2,(H,15,18)(H,16,17)/t11-/m0/s1. The maximum atomic E-state index is 12.0. The molecule has 2 N–H and O–H groups in total. The molecular formula is C14H13NO3S. The summed E-state index contributed by atoms with van der Waals surface area (Å²) < 4.78 is 0. The van der Waals surface area contributed by atoms with Crippen LogP contribution in [0.4, 0.5) is 0 Å². The average Bonchev–Trinajstić information content (AvgIpc) is 2.92. The predicted molar refractivity (Wildman–Crippen MR) is 73.2 cm³/mol. The van der Waals surface area contributed by atoms with Gasteiger partial charge in [0.2, 0.25) is 0 Å². The minimum atomic E-state index is -0.944. The van der Waals surface area contributed by atoms with Crippen LogP contribution in [0.5, 0.6) is 0 Å². The summed E-state index contributed by atoms with van der Waals surface area (Å²) in [6, 6.07) is 12.1. The fourth-order valence-corrected chi connectivity index (χ4v) is 2.38. The highest BCUT2D eigenvalue weighted by molar-refractivity contribution is 7.12. The van der Waals surface area contributed by atoms with Crippen molar-refractivity contribution in [1.29, 1.82) is 0 Å². The predicted octanol–water partition coefficient (Wildman–Crippen LogP) is 2.69. The number of amides is 1. The first-order valence-corrected chi connectivity index (χ1v) is 6.66. The van der Waals surface area contributed by atoms with Crippen molar-refractivity contribution < 1.29 is 14.7 Å². The zero-order valence-electron chi connectivity index (χ0n) is 10.1. The van der Waals surface area contributed by atoms with Gasteiger partial charge in [-0.3, -0.25) is 9.59 Å². The Morgan fingerprint density at radius 3 is 2.47 bits per heavy atom. The summed E-state index contributed by atoms with van der Waals surface area (Å²) in [5.41, 5.74) is 0.787. The average molecular weight is 275 g/mol. The lowest BCUT2D eigenvalue weighted by Gasteiger charge is -2.16. The molecule has 0 bridgehead atoms. The number of hydrogen-bond acceptors (Lipinski definition) is 3. The number of rotatable bonds is 5. The van der Waals surface area contributed by atoms with E-state index in [1.807, 2.05) is 35.7 Å². The van der Waals surface area contributed by atoms with E-state index in [2.05, 4.69) is 5.32 Å². The molecule has 1 atom stereocenters. The van der Waals surface area contributed by atoms with Crippen LogP contribution >= 0.6 is 11.3 Å². The fourth-order valence-electron chi connectivity index (χ4n) is 1.75. The summed E-state index contributed by atoms with van der Waals surface area (Å²) in [4.78, 5) is 23.5. The number of carboxylic acid groups (broad SMARTS) is 1. The van der Waals surface area contributed by atoms with E-state index in [1.54, 1.807) is 12.1 Å². The molecule has 2 rings (SSSR count). The van der Waals surface area contributed by atoms with E-state index in [1.165, 1.54) is 11.3 Å². The van der Waals surface area contributed by atoms with Gasteiger partial charge in [-0.15, -0.1) is 11.3 Å². The van der Waals surface area contributed by atoms with Crippen LogP contribution < -0.4 is 5.32 Å². The van der Waals surface area contributed by atoms with Crippen LogP contribution in [-0.2, 0) is 4.79 Å². The second-order valence-corrected chi connectivity index (χ2v) is 4.96. The Kier molecular flexibility index (Phi) is 4.30. The van der Waals surface area contributed by atoms with Crippen molar-refractivity contribution in [2.75, 3.05) is 0 Å². The van der Waals surface area contributed by atoms with Gasteiger partial charge in [-0.25, -0.2) is 0 Å². The maximum Gasteiger partial charge on any atom is 0.305 e. The second kappa shape index (κ2) is 6.15. The number of benzene rings is 1. The smallest absolute Gasteiger partial charge is 0.305 e.